The minimum Gasteiger partial charge on any atom is -0.223 e. The molecule has 0 saturated heterocycles. The summed E-state index contributed by atoms with van der Waals surface area (Å²) in [6.07, 6.45) is 10.2. The largest absolute Gasteiger partial charge is 0.223 e. The second kappa shape index (κ2) is 4.58. The van der Waals surface area contributed by atoms with Gasteiger partial charge in [-0.2, -0.15) is 5.10 Å². The van der Waals surface area contributed by atoms with E-state index in [1.54, 1.807) is 10.7 Å². The highest BCUT2D eigenvalue weighted by Crippen LogP contribution is 2.22. The molecule has 3 nitrogen and oxygen atoms in total. The molecule has 86 valence electrons. The summed E-state index contributed by atoms with van der Waals surface area (Å²) in [6, 6.07) is 3.82. The first kappa shape index (κ1) is 10.3. The lowest BCUT2D eigenvalue weighted by atomic mass is 9.90. The average molecular weight is 225 g/mol. The normalized spacial score (nSPS) is 16.7. The topological polar surface area (TPSA) is 30.2 Å². The lowest BCUT2D eigenvalue weighted by molar-refractivity contribution is 0.430. The van der Waals surface area contributed by atoms with E-state index in [-0.39, 0.29) is 0 Å². The maximum absolute atomic E-state index is 4.45. The minimum absolute atomic E-state index is 0.576. The van der Waals surface area contributed by atoms with Crippen molar-refractivity contribution in [2.45, 2.75) is 32.1 Å². The van der Waals surface area contributed by atoms with Gasteiger partial charge in [-0.3, -0.25) is 0 Å². The SMILES string of the molecule is C(#CC1CCCCC1)c1ccn2nccc2n1. The molecular weight excluding hydrogens is 210 g/mol. The number of fused-ring (bicyclic) bond motifs is 1. The number of aromatic nitrogens is 3. The average Bonchev–Trinajstić information content (AvgIpc) is 2.85. The molecule has 2 heterocycles. The molecule has 1 fully saturated rings. The van der Waals surface area contributed by atoms with Gasteiger partial charge >= 0.3 is 0 Å². The molecule has 0 N–H and O–H groups in total. The van der Waals surface area contributed by atoms with Crippen molar-refractivity contribution < 1.29 is 0 Å². The molecule has 1 aliphatic carbocycles. The number of nitrogens with zero attached hydrogens (tertiary/aromatic N) is 3. The quantitative estimate of drug-likeness (QED) is 0.645. The molecular formula is C14H15N3. The Morgan fingerprint density at radius 2 is 2.06 bits per heavy atom. The van der Waals surface area contributed by atoms with E-state index in [1.807, 2.05) is 18.3 Å². The van der Waals surface area contributed by atoms with E-state index in [9.17, 15) is 0 Å². The third kappa shape index (κ3) is 2.31. The van der Waals surface area contributed by atoms with Crippen molar-refractivity contribution in [2.24, 2.45) is 5.92 Å². The van der Waals surface area contributed by atoms with Gasteiger partial charge in [-0.25, -0.2) is 9.50 Å². The zero-order valence-corrected chi connectivity index (χ0v) is 9.76. The van der Waals surface area contributed by atoms with Crippen LogP contribution in [0.25, 0.3) is 5.65 Å². The van der Waals surface area contributed by atoms with E-state index in [0.29, 0.717) is 5.92 Å². The summed E-state index contributed by atoms with van der Waals surface area (Å²) in [7, 11) is 0. The number of hydrogen-bond acceptors (Lipinski definition) is 2. The van der Waals surface area contributed by atoms with Crippen LogP contribution in [0.3, 0.4) is 0 Å². The molecule has 3 heteroatoms. The molecule has 17 heavy (non-hydrogen) atoms. The van der Waals surface area contributed by atoms with Gasteiger partial charge in [0.05, 0.1) is 6.20 Å². The van der Waals surface area contributed by atoms with Gasteiger partial charge in [-0.15, -0.1) is 0 Å². The highest BCUT2D eigenvalue weighted by Gasteiger charge is 2.09. The van der Waals surface area contributed by atoms with Gasteiger partial charge in [-0.1, -0.05) is 25.2 Å². The van der Waals surface area contributed by atoms with Gasteiger partial charge in [0, 0.05) is 18.2 Å². The number of rotatable bonds is 0. The molecule has 0 bridgehead atoms. The van der Waals surface area contributed by atoms with Crippen molar-refractivity contribution in [3.8, 4) is 11.8 Å². The summed E-state index contributed by atoms with van der Waals surface area (Å²) in [5.74, 6) is 7.12. The molecule has 1 aliphatic rings. The van der Waals surface area contributed by atoms with Crippen LogP contribution in [0.2, 0.25) is 0 Å². The van der Waals surface area contributed by atoms with Crippen molar-refractivity contribution in [1.29, 1.82) is 0 Å². The highest BCUT2D eigenvalue weighted by atomic mass is 15.2. The fourth-order valence-corrected chi connectivity index (χ4v) is 2.31. The van der Waals surface area contributed by atoms with Crippen LogP contribution in [0.15, 0.2) is 24.5 Å². The van der Waals surface area contributed by atoms with E-state index >= 15 is 0 Å². The lowest BCUT2D eigenvalue weighted by Gasteiger charge is -2.15. The van der Waals surface area contributed by atoms with Gasteiger partial charge in [-0.05, 0) is 24.8 Å². The van der Waals surface area contributed by atoms with E-state index in [0.717, 1.165) is 11.3 Å². The number of hydrogen-bond donors (Lipinski definition) is 0. The zero-order valence-electron chi connectivity index (χ0n) is 9.76. The Kier molecular flexibility index (Phi) is 2.79. The van der Waals surface area contributed by atoms with E-state index < -0.39 is 0 Å². The van der Waals surface area contributed by atoms with Gasteiger partial charge in [0.1, 0.15) is 5.69 Å². The van der Waals surface area contributed by atoms with Crippen LogP contribution in [0, 0.1) is 17.8 Å². The second-order valence-corrected chi connectivity index (χ2v) is 4.55. The predicted octanol–water partition coefficient (Wildman–Crippen LogP) is 2.66. The third-order valence-electron chi connectivity index (χ3n) is 3.27. The second-order valence-electron chi connectivity index (χ2n) is 4.55. The Balaban J connectivity index is 1.81. The summed E-state index contributed by atoms with van der Waals surface area (Å²) in [5.41, 5.74) is 1.71. The van der Waals surface area contributed by atoms with Gasteiger partial charge in [0.25, 0.3) is 0 Å². The van der Waals surface area contributed by atoms with E-state index in [1.165, 1.54) is 32.1 Å². The fourth-order valence-electron chi connectivity index (χ4n) is 2.31. The molecule has 0 aromatic carbocycles. The summed E-state index contributed by atoms with van der Waals surface area (Å²) in [4.78, 5) is 4.45. The van der Waals surface area contributed by atoms with Crippen LogP contribution in [-0.2, 0) is 0 Å². The smallest absolute Gasteiger partial charge is 0.156 e. The monoisotopic (exact) mass is 225 g/mol. The fraction of sp³-hybridized carbons (Fsp3) is 0.429. The molecule has 3 rings (SSSR count). The lowest BCUT2D eigenvalue weighted by Crippen LogP contribution is -2.03. The van der Waals surface area contributed by atoms with Gasteiger partial charge in [0.2, 0.25) is 0 Å². The van der Waals surface area contributed by atoms with Crippen LogP contribution in [0.4, 0.5) is 0 Å². The maximum Gasteiger partial charge on any atom is 0.156 e. The Labute approximate surface area is 101 Å². The van der Waals surface area contributed by atoms with Gasteiger partial charge < -0.3 is 0 Å². The summed E-state index contributed by atoms with van der Waals surface area (Å²) < 4.78 is 1.76. The molecule has 0 aliphatic heterocycles. The Morgan fingerprint density at radius 1 is 1.18 bits per heavy atom. The highest BCUT2D eigenvalue weighted by molar-refractivity contribution is 5.40. The molecule has 1 saturated carbocycles. The van der Waals surface area contributed by atoms with Crippen LogP contribution in [0.5, 0.6) is 0 Å². The molecule has 0 radical (unpaired) electrons. The van der Waals surface area contributed by atoms with Gasteiger partial charge in [0.15, 0.2) is 5.65 Å². The van der Waals surface area contributed by atoms with Crippen molar-refractivity contribution >= 4 is 5.65 Å². The maximum atomic E-state index is 4.45. The summed E-state index contributed by atoms with van der Waals surface area (Å²) >= 11 is 0. The molecule has 0 unspecified atom stereocenters. The summed E-state index contributed by atoms with van der Waals surface area (Å²) in [6.45, 7) is 0. The van der Waals surface area contributed by atoms with E-state index in [2.05, 4.69) is 21.9 Å². The van der Waals surface area contributed by atoms with Crippen LogP contribution < -0.4 is 0 Å². The van der Waals surface area contributed by atoms with Crippen LogP contribution >= 0.6 is 0 Å². The van der Waals surface area contributed by atoms with Crippen LogP contribution in [0.1, 0.15) is 37.8 Å². The first-order valence-corrected chi connectivity index (χ1v) is 6.24. The Hall–Kier alpha value is -1.82. The molecule has 2 aromatic heterocycles. The molecule has 2 aromatic rings. The summed E-state index contributed by atoms with van der Waals surface area (Å²) in [5, 5.41) is 4.12. The molecule has 0 atom stereocenters. The van der Waals surface area contributed by atoms with Crippen molar-refractivity contribution in [2.75, 3.05) is 0 Å². The first-order valence-electron chi connectivity index (χ1n) is 6.24. The van der Waals surface area contributed by atoms with E-state index in [4.69, 9.17) is 0 Å². The third-order valence-corrected chi connectivity index (χ3v) is 3.27. The zero-order chi connectivity index (χ0) is 11.5. The first-order chi connectivity index (χ1) is 8.42. The van der Waals surface area contributed by atoms with Crippen LogP contribution in [-0.4, -0.2) is 14.6 Å². The minimum atomic E-state index is 0.576. The van der Waals surface area contributed by atoms with Crippen molar-refractivity contribution in [3.05, 3.63) is 30.2 Å². The standard InChI is InChI=1S/C14H15N3/c1-2-4-12(5-3-1)6-7-13-9-11-17-14(16-13)8-10-15-17/h8-12H,1-5H2. The molecule has 0 spiro atoms. The Bertz CT molecular complexity index is 568. The predicted molar refractivity (Wildman–Crippen MR) is 66.4 cm³/mol. The van der Waals surface area contributed by atoms with Crippen molar-refractivity contribution in [3.63, 3.8) is 0 Å². The Morgan fingerprint density at radius 3 is 2.94 bits per heavy atom. The molecule has 0 amide bonds. The van der Waals surface area contributed by atoms with Crippen molar-refractivity contribution in [1.82, 2.24) is 14.6 Å².